The Hall–Kier alpha value is -0.680. The maximum absolute atomic E-state index is 5.49. The lowest BCUT2D eigenvalue weighted by Crippen LogP contribution is -1.83. The molecule has 2 aliphatic rings. The fourth-order valence-electron chi connectivity index (χ4n) is 2.30. The van der Waals surface area contributed by atoms with Crippen molar-refractivity contribution in [1.82, 2.24) is 0 Å². The van der Waals surface area contributed by atoms with Crippen molar-refractivity contribution in [1.29, 1.82) is 0 Å². The van der Waals surface area contributed by atoms with Crippen molar-refractivity contribution in [2.24, 2.45) is 0 Å². The monoisotopic (exact) mass is 250 g/mol. The molecule has 0 unspecified atom stereocenters. The summed E-state index contributed by atoms with van der Waals surface area (Å²) in [6, 6.07) is 0. The molecule has 0 aromatic carbocycles. The summed E-state index contributed by atoms with van der Waals surface area (Å²) in [5.41, 5.74) is 5.56. The van der Waals surface area contributed by atoms with Crippen LogP contribution < -0.4 is 0 Å². The van der Waals surface area contributed by atoms with Gasteiger partial charge in [0.2, 0.25) is 0 Å². The van der Waals surface area contributed by atoms with E-state index in [0.717, 1.165) is 26.4 Å². The van der Waals surface area contributed by atoms with E-state index in [-0.39, 0.29) is 0 Å². The third kappa shape index (κ3) is 1.18. The maximum atomic E-state index is 5.49. The summed E-state index contributed by atoms with van der Waals surface area (Å²) >= 11 is 3.70. The first-order valence-electron chi connectivity index (χ1n) is 5.28. The van der Waals surface area contributed by atoms with Crippen molar-refractivity contribution in [3.63, 3.8) is 0 Å². The molecule has 4 heterocycles. The van der Waals surface area contributed by atoms with Crippen LogP contribution in [0.15, 0.2) is 10.8 Å². The van der Waals surface area contributed by atoms with Gasteiger partial charge in [-0.25, -0.2) is 0 Å². The summed E-state index contributed by atoms with van der Waals surface area (Å²) in [7, 11) is 0. The Morgan fingerprint density at radius 2 is 1.25 bits per heavy atom. The van der Waals surface area contributed by atoms with Crippen molar-refractivity contribution in [3.05, 3.63) is 33.0 Å². The topological polar surface area (TPSA) is 18.5 Å². The molecule has 16 heavy (non-hydrogen) atoms. The molecule has 0 atom stereocenters. The number of rotatable bonds is 1. The largest absolute Gasteiger partial charge is 0.372 e. The van der Waals surface area contributed by atoms with Gasteiger partial charge in [-0.1, -0.05) is 0 Å². The lowest BCUT2D eigenvalue weighted by atomic mass is 10.1. The first-order valence-corrected chi connectivity index (χ1v) is 7.04. The van der Waals surface area contributed by atoms with Crippen molar-refractivity contribution >= 4 is 22.7 Å². The lowest BCUT2D eigenvalue weighted by molar-refractivity contribution is 0.134. The molecule has 0 amide bonds. The molecule has 4 rings (SSSR count). The molecule has 0 fully saturated rings. The molecule has 2 nitrogen and oxygen atoms in total. The van der Waals surface area contributed by atoms with Crippen LogP contribution in [0.5, 0.6) is 0 Å². The van der Waals surface area contributed by atoms with E-state index < -0.39 is 0 Å². The highest BCUT2D eigenvalue weighted by Crippen LogP contribution is 2.44. The van der Waals surface area contributed by atoms with Crippen LogP contribution in [0.3, 0.4) is 0 Å². The first-order chi connectivity index (χ1) is 7.93. The minimum atomic E-state index is 0.779. The second-order valence-electron chi connectivity index (χ2n) is 4.12. The average molecular weight is 250 g/mol. The molecule has 0 saturated heterocycles. The van der Waals surface area contributed by atoms with E-state index in [9.17, 15) is 0 Å². The normalized spacial score (nSPS) is 17.8. The van der Waals surface area contributed by atoms with Crippen LogP contribution in [0.4, 0.5) is 0 Å². The predicted molar refractivity (Wildman–Crippen MR) is 64.6 cm³/mol. The zero-order valence-electron chi connectivity index (χ0n) is 8.62. The zero-order chi connectivity index (χ0) is 10.5. The number of fused-ring (bicyclic) bond motifs is 2. The Morgan fingerprint density at radius 1 is 0.750 bits per heavy atom. The van der Waals surface area contributed by atoms with Gasteiger partial charge in [0, 0.05) is 11.1 Å². The highest BCUT2D eigenvalue weighted by Gasteiger charge is 2.24. The second-order valence-corrected chi connectivity index (χ2v) is 5.88. The third-order valence-corrected chi connectivity index (χ3v) is 5.48. The standard InChI is InChI=1S/C12H10O2S2/c1-7-5-15-11(9(7)3-13-1)12-10-4-14-2-8(10)6-16-12/h5-6H,1-4H2. The predicted octanol–water partition coefficient (Wildman–Crippen LogP) is 3.54. The molecule has 0 bridgehead atoms. The van der Waals surface area contributed by atoms with Crippen LogP contribution in [0.1, 0.15) is 22.3 Å². The van der Waals surface area contributed by atoms with Gasteiger partial charge in [-0.3, -0.25) is 0 Å². The minimum absolute atomic E-state index is 0.779. The molecule has 82 valence electrons. The van der Waals surface area contributed by atoms with Gasteiger partial charge < -0.3 is 9.47 Å². The van der Waals surface area contributed by atoms with E-state index in [1.165, 1.54) is 32.0 Å². The summed E-state index contributed by atoms with van der Waals surface area (Å²) in [5, 5.41) is 4.47. The molecule has 0 aliphatic carbocycles. The first kappa shape index (κ1) is 9.36. The van der Waals surface area contributed by atoms with E-state index in [1.54, 1.807) is 0 Å². The number of hydrogen-bond acceptors (Lipinski definition) is 4. The SMILES string of the molecule is c1sc(-c2scc3c2COC3)c2c1COC2. The van der Waals surface area contributed by atoms with E-state index in [1.807, 2.05) is 22.7 Å². The number of ether oxygens (including phenoxy) is 2. The van der Waals surface area contributed by atoms with Crippen molar-refractivity contribution < 1.29 is 9.47 Å². The summed E-state index contributed by atoms with van der Waals surface area (Å²) in [6.07, 6.45) is 0. The quantitative estimate of drug-likeness (QED) is 0.770. The molecule has 0 radical (unpaired) electrons. The Kier molecular flexibility index (Phi) is 1.99. The van der Waals surface area contributed by atoms with Crippen LogP contribution in [0.25, 0.3) is 9.75 Å². The van der Waals surface area contributed by atoms with Gasteiger partial charge in [-0.15, -0.1) is 22.7 Å². The smallest absolute Gasteiger partial charge is 0.0739 e. The Bertz CT molecular complexity index is 503. The molecule has 0 N–H and O–H groups in total. The van der Waals surface area contributed by atoms with Crippen molar-refractivity contribution in [2.75, 3.05) is 0 Å². The highest BCUT2D eigenvalue weighted by atomic mass is 32.1. The summed E-state index contributed by atoms with van der Waals surface area (Å²) in [4.78, 5) is 2.81. The Morgan fingerprint density at radius 3 is 1.75 bits per heavy atom. The lowest BCUT2D eigenvalue weighted by Gasteiger charge is -2.00. The van der Waals surface area contributed by atoms with E-state index in [2.05, 4.69) is 10.8 Å². The Labute approximate surface area is 101 Å². The average Bonchev–Trinajstić information content (AvgIpc) is 2.97. The number of thiophene rings is 2. The summed E-state index contributed by atoms with van der Waals surface area (Å²) in [5.74, 6) is 0. The van der Waals surface area contributed by atoms with Crippen LogP contribution in [0, 0.1) is 0 Å². The molecule has 0 spiro atoms. The van der Waals surface area contributed by atoms with Crippen LogP contribution in [-0.2, 0) is 35.9 Å². The fourth-order valence-corrected chi connectivity index (χ4v) is 4.66. The molecule has 2 aromatic rings. The van der Waals surface area contributed by atoms with Gasteiger partial charge in [0.15, 0.2) is 0 Å². The van der Waals surface area contributed by atoms with Crippen molar-refractivity contribution in [3.8, 4) is 9.75 Å². The maximum Gasteiger partial charge on any atom is 0.0739 e. The molecule has 2 aliphatic heterocycles. The minimum Gasteiger partial charge on any atom is -0.372 e. The Balaban J connectivity index is 1.90. The summed E-state index contributed by atoms with van der Waals surface area (Å²) < 4.78 is 11.0. The zero-order valence-corrected chi connectivity index (χ0v) is 10.2. The molecule has 0 saturated carbocycles. The van der Waals surface area contributed by atoms with Gasteiger partial charge in [0.05, 0.1) is 36.2 Å². The highest BCUT2D eigenvalue weighted by molar-refractivity contribution is 7.20. The number of hydrogen-bond donors (Lipinski definition) is 0. The third-order valence-electron chi connectivity index (χ3n) is 3.18. The second kappa shape index (κ2) is 3.40. The van der Waals surface area contributed by atoms with E-state index in [4.69, 9.17) is 9.47 Å². The molecular formula is C12H10O2S2. The van der Waals surface area contributed by atoms with Crippen molar-refractivity contribution in [2.45, 2.75) is 26.4 Å². The van der Waals surface area contributed by atoms with Gasteiger partial charge in [-0.2, -0.15) is 0 Å². The van der Waals surface area contributed by atoms with E-state index in [0.29, 0.717) is 0 Å². The van der Waals surface area contributed by atoms with Gasteiger partial charge in [-0.05, 0) is 21.9 Å². The fraction of sp³-hybridized carbons (Fsp3) is 0.333. The molecular weight excluding hydrogens is 240 g/mol. The molecule has 4 heteroatoms. The van der Waals surface area contributed by atoms with E-state index >= 15 is 0 Å². The van der Waals surface area contributed by atoms with Gasteiger partial charge >= 0.3 is 0 Å². The summed E-state index contributed by atoms with van der Waals surface area (Å²) in [6.45, 7) is 3.13. The molecule has 2 aromatic heterocycles. The van der Waals surface area contributed by atoms with Gasteiger partial charge in [0.1, 0.15) is 0 Å². The van der Waals surface area contributed by atoms with Gasteiger partial charge in [0.25, 0.3) is 0 Å². The van der Waals surface area contributed by atoms with Crippen LogP contribution in [-0.4, -0.2) is 0 Å². The van der Waals surface area contributed by atoms with Crippen LogP contribution >= 0.6 is 22.7 Å². The van der Waals surface area contributed by atoms with Crippen LogP contribution in [0.2, 0.25) is 0 Å².